The van der Waals surface area contributed by atoms with Gasteiger partial charge < -0.3 is 0 Å². The zero-order chi connectivity index (χ0) is 17.8. The Bertz CT molecular complexity index is 868. The number of pyridine rings is 1. The van der Waals surface area contributed by atoms with Crippen molar-refractivity contribution in [2.24, 2.45) is 0 Å². The van der Waals surface area contributed by atoms with E-state index in [-0.39, 0.29) is 0 Å². The van der Waals surface area contributed by atoms with Gasteiger partial charge in [0.15, 0.2) is 0 Å². The third-order valence-corrected chi connectivity index (χ3v) is 5.25. The Labute approximate surface area is 162 Å². The largest absolute Gasteiger partial charge is 0.249 e. The lowest BCUT2D eigenvalue weighted by atomic mass is 9.65. The predicted octanol–water partition coefficient (Wildman–Crippen LogP) is 6.23. The molecule has 0 saturated heterocycles. The van der Waals surface area contributed by atoms with Crippen LogP contribution in [0.4, 0.5) is 0 Å². The summed E-state index contributed by atoms with van der Waals surface area (Å²) in [4.78, 5) is 4.54. The summed E-state index contributed by atoms with van der Waals surface area (Å²) in [5.41, 5.74) is 4.39. The fourth-order valence-corrected chi connectivity index (χ4v) is 3.90. The molecule has 0 spiro atoms. The van der Waals surface area contributed by atoms with Crippen LogP contribution in [0.25, 0.3) is 0 Å². The molecule has 0 N–H and O–H groups in total. The van der Waals surface area contributed by atoms with E-state index >= 15 is 0 Å². The minimum atomic E-state index is -0.419. The van der Waals surface area contributed by atoms with Gasteiger partial charge in [0, 0.05) is 6.20 Å². The van der Waals surface area contributed by atoms with Gasteiger partial charge >= 0.3 is 0 Å². The highest BCUT2D eigenvalue weighted by Crippen LogP contribution is 2.44. The van der Waals surface area contributed by atoms with Crippen LogP contribution in [0.15, 0.2) is 114 Å². The molecule has 0 radical (unpaired) electrons. The predicted molar refractivity (Wildman–Crippen MR) is 110 cm³/mol. The third kappa shape index (κ3) is 2.87. The van der Waals surface area contributed by atoms with E-state index in [4.69, 9.17) is 0 Å². The highest BCUT2D eigenvalue weighted by Gasteiger charge is 2.38. The summed E-state index contributed by atoms with van der Waals surface area (Å²) in [6, 6.07) is 36.1. The Balaban J connectivity index is 2.12. The van der Waals surface area contributed by atoms with Crippen molar-refractivity contribution < 1.29 is 0 Å². The van der Waals surface area contributed by atoms with Gasteiger partial charge in [0.25, 0.3) is 0 Å². The molecule has 2 heteroatoms. The first-order valence-electron chi connectivity index (χ1n) is 8.60. The SMILES string of the molecule is Brc1ccc(C(c2ccccc2)(c2ccccc2)c2ccccc2)cn1. The van der Waals surface area contributed by atoms with Crippen LogP contribution < -0.4 is 0 Å². The molecule has 126 valence electrons. The fourth-order valence-electron chi connectivity index (χ4n) is 3.66. The van der Waals surface area contributed by atoms with Crippen molar-refractivity contribution in [2.75, 3.05) is 0 Å². The van der Waals surface area contributed by atoms with Crippen LogP contribution >= 0.6 is 15.9 Å². The molecular weight excluding hydrogens is 382 g/mol. The average Bonchev–Trinajstić information content (AvgIpc) is 2.72. The quantitative estimate of drug-likeness (QED) is 0.292. The van der Waals surface area contributed by atoms with Crippen LogP contribution in [0.1, 0.15) is 22.3 Å². The van der Waals surface area contributed by atoms with E-state index in [1.807, 2.05) is 12.3 Å². The number of halogens is 1. The molecule has 0 fully saturated rings. The molecule has 0 saturated carbocycles. The third-order valence-electron chi connectivity index (χ3n) is 4.78. The Hall–Kier alpha value is -2.71. The summed E-state index contributed by atoms with van der Waals surface area (Å²) in [7, 11) is 0. The van der Waals surface area contributed by atoms with Gasteiger partial charge in [-0.1, -0.05) is 97.1 Å². The number of hydrogen-bond donors (Lipinski definition) is 0. The van der Waals surface area contributed by atoms with Gasteiger partial charge in [-0.3, -0.25) is 0 Å². The second-order valence-electron chi connectivity index (χ2n) is 6.22. The van der Waals surface area contributed by atoms with Gasteiger partial charge in [0.05, 0.1) is 5.41 Å². The van der Waals surface area contributed by atoms with Crippen molar-refractivity contribution in [3.05, 3.63) is 136 Å². The van der Waals surface area contributed by atoms with Crippen molar-refractivity contribution in [3.63, 3.8) is 0 Å². The summed E-state index contributed by atoms with van der Waals surface area (Å²) < 4.78 is 0.837. The number of rotatable bonds is 4. The smallest absolute Gasteiger partial charge is 0.106 e. The van der Waals surface area contributed by atoms with E-state index in [1.54, 1.807) is 0 Å². The maximum atomic E-state index is 4.54. The normalized spacial score (nSPS) is 11.3. The first-order chi connectivity index (χ1) is 12.8. The standard InChI is InChI=1S/C24H18BrN/c25-23-17-16-22(18-26-23)24(19-10-4-1-5-11-19,20-12-6-2-7-13-20)21-14-8-3-9-15-21/h1-18H. The highest BCUT2D eigenvalue weighted by atomic mass is 79.9. The Morgan fingerprint density at radius 2 is 0.923 bits per heavy atom. The molecule has 0 aliphatic carbocycles. The Morgan fingerprint density at radius 1 is 0.500 bits per heavy atom. The lowest BCUT2D eigenvalue weighted by molar-refractivity contribution is 0.739. The van der Waals surface area contributed by atoms with E-state index in [9.17, 15) is 0 Å². The number of hydrogen-bond acceptors (Lipinski definition) is 1. The number of aromatic nitrogens is 1. The topological polar surface area (TPSA) is 12.9 Å². The molecule has 4 aromatic rings. The van der Waals surface area contributed by atoms with Crippen LogP contribution in [0.3, 0.4) is 0 Å². The minimum Gasteiger partial charge on any atom is -0.249 e. The zero-order valence-corrected chi connectivity index (χ0v) is 15.8. The average molecular weight is 400 g/mol. The van der Waals surface area contributed by atoms with E-state index in [2.05, 4.69) is 118 Å². The van der Waals surface area contributed by atoms with Crippen LogP contribution in [-0.2, 0) is 5.41 Å². The van der Waals surface area contributed by atoms with Gasteiger partial charge in [-0.2, -0.15) is 0 Å². The molecule has 1 aromatic heterocycles. The van der Waals surface area contributed by atoms with Crippen LogP contribution in [0, 0.1) is 0 Å². The summed E-state index contributed by atoms with van der Waals surface area (Å²) in [5, 5.41) is 0. The Kier molecular flexibility index (Phi) is 4.68. The van der Waals surface area contributed by atoms with Crippen molar-refractivity contribution in [1.82, 2.24) is 4.98 Å². The molecule has 0 aliphatic heterocycles. The molecule has 0 unspecified atom stereocenters. The maximum Gasteiger partial charge on any atom is 0.106 e. The van der Waals surface area contributed by atoms with E-state index < -0.39 is 5.41 Å². The van der Waals surface area contributed by atoms with E-state index in [0.29, 0.717) is 0 Å². The molecule has 0 atom stereocenters. The lowest BCUT2D eigenvalue weighted by Gasteiger charge is -2.36. The van der Waals surface area contributed by atoms with Crippen molar-refractivity contribution in [3.8, 4) is 0 Å². The second kappa shape index (κ2) is 7.27. The van der Waals surface area contributed by atoms with Gasteiger partial charge in [-0.05, 0) is 44.3 Å². The van der Waals surface area contributed by atoms with Gasteiger partial charge in [0.1, 0.15) is 4.60 Å². The zero-order valence-electron chi connectivity index (χ0n) is 14.2. The van der Waals surface area contributed by atoms with Gasteiger partial charge in [-0.15, -0.1) is 0 Å². The van der Waals surface area contributed by atoms with E-state index in [1.165, 1.54) is 16.7 Å². The van der Waals surface area contributed by atoms with Crippen molar-refractivity contribution in [2.45, 2.75) is 5.41 Å². The molecule has 26 heavy (non-hydrogen) atoms. The monoisotopic (exact) mass is 399 g/mol. The van der Waals surface area contributed by atoms with Gasteiger partial charge in [0.2, 0.25) is 0 Å². The molecule has 0 bridgehead atoms. The lowest BCUT2D eigenvalue weighted by Crippen LogP contribution is -2.31. The molecule has 0 amide bonds. The van der Waals surface area contributed by atoms with Crippen molar-refractivity contribution >= 4 is 15.9 Å². The number of nitrogens with zero attached hydrogens (tertiary/aromatic N) is 1. The molecule has 3 aromatic carbocycles. The Morgan fingerprint density at radius 3 is 1.27 bits per heavy atom. The summed E-state index contributed by atoms with van der Waals surface area (Å²) in [6.07, 6.45) is 1.97. The van der Waals surface area contributed by atoms with Crippen molar-refractivity contribution in [1.29, 1.82) is 0 Å². The van der Waals surface area contributed by atoms with Crippen LogP contribution in [-0.4, -0.2) is 4.98 Å². The second-order valence-corrected chi connectivity index (χ2v) is 7.03. The molecule has 1 heterocycles. The molecule has 1 nitrogen and oxygen atoms in total. The molecule has 4 rings (SSSR count). The van der Waals surface area contributed by atoms with Crippen LogP contribution in [0.5, 0.6) is 0 Å². The minimum absolute atomic E-state index is 0.419. The molecule has 0 aliphatic rings. The summed E-state index contributed by atoms with van der Waals surface area (Å²) >= 11 is 3.47. The molecular formula is C24H18BrN. The summed E-state index contributed by atoms with van der Waals surface area (Å²) in [5.74, 6) is 0. The van der Waals surface area contributed by atoms with E-state index in [0.717, 1.165) is 10.2 Å². The maximum absolute atomic E-state index is 4.54. The number of benzene rings is 3. The van der Waals surface area contributed by atoms with Crippen LogP contribution in [0.2, 0.25) is 0 Å². The first kappa shape index (κ1) is 16.7. The van der Waals surface area contributed by atoms with Gasteiger partial charge in [-0.25, -0.2) is 4.98 Å². The fraction of sp³-hybridized carbons (Fsp3) is 0.0417. The highest BCUT2D eigenvalue weighted by molar-refractivity contribution is 9.10. The first-order valence-corrected chi connectivity index (χ1v) is 9.40. The summed E-state index contributed by atoms with van der Waals surface area (Å²) in [6.45, 7) is 0.